The molecule has 0 aliphatic rings. The average Bonchev–Trinajstić information content (AvgIpc) is 3.25. The van der Waals surface area contributed by atoms with Crippen molar-refractivity contribution in [1.82, 2.24) is 30.1 Å². The highest BCUT2D eigenvalue weighted by molar-refractivity contribution is 7.08. The van der Waals surface area contributed by atoms with Crippen LogP contribution in [0.25, 0.3) is 5.69 Å². The molecule has 3 heterocycles. The molecule has 0 saturated carbocycles. The van der Waals surface area contributed by atoms with E-state index < -0.39 is 0 Å². The zero-order chi connectivity index (χ0) is 14.7. The van der Waals surface area contributed by atoms with Gasteiger partial charge in [-0.05, 0) is 24.4 Å². The van der Waals surface area contributed by atoms with E-state index in [1.54, 1.807) is 52.3 Å². The van der Waals surface area contributed by atoms with E-state index in [4.69, 9.17) is 0 Å². The standard InChI is InChI=1S/C13H14N6OS/c1-10(18-5-2-4-15-18)13(20)14-7-11-8-19(17-16-11)12-3-6-21-9-12/h2-6,8-10H,7H2,1H3,(H,14,20). The lowest BCUT2D eigenvalue weighted by molar-refractivity contribution is -0.124. The molecule has 0 spiro atoms. The van der Waals surface area contributed by atoms with Crippen molar-refractivity contribution >= 4 is 17.2 Å². The first kappa shape index (κ1) is 13.5. The molecule has 3 aromatic rings. The van der Waals surface area contributed by atoms with E-state index in [1.807, 2.05) is 16.8 Å². The molecule has 1 atom stereocenters. The summed E-state index contributed by atoms with van der Waals surface area (Å²) in [6.45, 7) is 2.14. The minimum Gasteiger partial charge on any atom is -0.348 e. The van der Waals surface area contributed by atoms with Crippen LogP contribution in [0.15, 0.2) is 41.5 Å². The van der Waals surface area contributed by atoms with E-state index in [-0.39, 0.29) is 11.9 Å². The van der Waals surface area contributed by atoms with Crippen LogP contribution in [0.5, 0.6) is 0 Å². The van der Waals surface area contributed by atoms with E-state index in [0.29, 0.717) is 12.2 Å². The topological polar surface area (TPSA) is 77.6 Å². The van der Waals surface area contributed by atoms with Gasteiger partial charge in [-0.25, -0.2) is 4.68 Å². The highest BCUT2D eigenvalue weighted by atomic mass is 32.1. The van der Waals surface area contributed by atoms with E-state index in [0.717, 1.165) is 5.69 Å². The van der Waals surface area contributed by atoms with Crippen molar-refractivity contribution in [2.24, 2.45) is 0 Å². The van der Waals surface area contributed by atoms with Gasteiger partial charge >= 0.3 is 0 Å². The molecule has 0 bridgehead atoms. The Kier molecular flexibility index (Phi) is 3.78. The summed E-state index contributed by atoms with van der Waals surface area (Å²) in [5, 5.41) is 18.9. The molecular formula is C13H14N6OS. The number of carbonyl (C=O) groups is 1. The van der Waals surface area contributed by atoms with Crippen molar-refractivity contribution in [2.45, 2.75) is 19.5 Å². The Morgan fingerprint density at radius 3 is 3.14 bits per heavy atom. The number of rotatable bonds is 5. The van der Waals surface area contributed by atoms with Gasteiger partial charge in [-0.1, -0.05) is 5.21 Å². The normalized spacial score (nSPS) is 12.2. The van der Waals surface area contributed by atoms with E-state index in [1.165, 1.54) is 0 Å². The van der Waals surface area contributed by atoms with Gasteiger partial charge in [0, 0.05) is 17.8 Å². The Labute approximate surface area is 125 Å². The van der Waals surface area contributed by atoms with Crippen LogP contribution in [0, 0.1) is 0 Å². The Bertz CT molecular complexity index is 703. The molecule has 21 heavy (non-hydrogen) atoms. The predicted octanol–water partition coefficient (Wildman–Crippen LogP) is 1.40. The van der Waals surface area contributed by atoms with Crippen molar-refractivity contribution in [3.8, 4) is 5.69 Å². The fourth-order valence-electron chi connectivity index (χ4n) is 1.85. The lowest BCUT2D eigenvalue weighted by Crippen LogP contribution is -2.30. The molecule has 3 aromatic heterocycles. The van der Waals surface area contributed by atoms with Gasteiger partial charge in [-0.15, -0.1) is 5.10 Å². The highest BCUT2D eigenvalue weighted by Crippen LogP contribution is 2.11. The van der Waals surface area contributed by atoms with Crippen LogP contribution < -0.4 is 5.32 Å². The molecule has 0 aliphatic heterocycles. The van der Waals surface area contributed by atoms with Crippen molar-refractivity contribution in [2.75, 3.05) is 0 Å². The van der Waals surface area contributed by atoms with E-state index in [2.05, 4.69) is 20.7 Å². The third-order valence-electron chi connectivity index (χ3n) is 3.06. The molecule has 8 heteroatoms. The second-order valence-electron chi connectivity index (χ2n) is 4.52. The quantitative estimate of drug-likeness (QED) is 0.773. The predicted molar refractivity (Wildman–Crippen MR) is 78.0 cm³/mol. The lowest BCUT2D eigenvalue weighted by Gasteiger charge is -2.11. The zero-order valence-corrected chi connectivity index (χ0v) is 12.2. The summed E-state index contributed by atoms with van der Waals surface area (Å²) >= 11 is 1.60. The average molecular weight is 302 g/mol. The summed E-state index contributed by atoms with van der Waals surface area (Å²) in [6.07, 6.45) is 5.22. The van der Waals surface area contributed by atoms with Crippen molar-refractivity contribution in [1.29, 1.82) is 0 Å². The maximum Gasteiger partial charge on any atom is 0.244 e. The number of hydrogen-bond acceptors (Lipinski definition) is 5. The minimum atomic E-state index is -0.355. The SMILES string of the molecule is CC(C(=O)NCc1cn(-c2ccsc2)nn1)n1cccn1. The molecule has 1 unspecified atom stereocenters. The largest absolute Gasteiger partial charge is 0.348 e. The highest BCUT2D eigenvalue weighted by Gasteiger charge is 2.15. The molecular weight excluding hydrogens is 288 g/mol. The molecule has 0 fully saturated rings. The van der Waals surface area contributed by atoms with Crippen LogP contribution in [0.1, 0.15) is 18.7 Å². The number of hydrogen-bond donors (Lipinski definition) is 1. The second kappa shape index (κ2) is 5.88. The first-order chi connectivity index (χ1) is 10.2. The van der Waals surface area contributed by atoms with E-state index in [9.17, 15) is 4.79 Å². The van der Waals surface area contributed by atoms with Gasteiger partial charge in [0.2, 0.25) is 5.91 Å². The van der Waals surface area contributed by atoms with Gasteiger partial charge in [0.05, 0.1) is 18.4 Å². The van der Waals surface area contributed by atoms with Crippen molar-refractivity contribution in [3.05, 3.63) is 47.2 Å². The second-order valence-corrected chi connectivity index (χ2v) is 5.30. The minimum absolute atomic E-state index is 0.108. The number of thiophene rings is 1. The Morgan fingerprint density at radius 2 is 2.43 bits per heavy atom. The van der Waals surface area contributed by atoms with Gasteiger partial charge in [0.1, 0.15) is 11.7 Å². The Morgan fingerprint density at radius 1 is 1.52 bits per heavy atom. The van der Waals surface area contributed by atoms with Gasteiger partial charge < -0.3 is 5.32 Å². The summed E-state index contributed by atoms with van der Waals surface area (Å²) in [4.78, 5) is 12.0. The smallest absolute Gasteiger partial charge is 0.244 e. The van der Waals surface area contributed by atoms with Crippen molar-refractivity contribution < 1.29 is 4.79 Å². The summed E-state index contributed by atoms with van der Waals surface area (Å²) < 4.78 is 3.30. The summed E-state index contributed by atoms with van der Waals surface area (Å²) in [5.41, 5.74) is 1.68. The zero-order valence-electron chi connectivity index (χ0n) is 11.4. The molecule has 0 aromatic carbocycles. The van der Waals surface area contributed by atoms with Crippen LogP contribution in [0.3, 0.4) is 0 Å². The number of aromatic nitrogens is 5. The maximum atomic E-state index is 12.0. The fourth-order valence-corrected chi connectivity index (χ4v) is 2.47. The summed E-state index contributed by atoms with van der Waals surface area (Å²) in [7, 11) is 0. The third-order valence-corrected chi connectivity index (χ3v) is 3.73. The first-order valence-corrected chi connectivity index (χ1v) is 7.39. The molecule has 108 valence electrons. The lowest BCUT2D eigenvalue weighted by atomic mass is 10.3. The monoisotopic (exact) mass is 302 g/mol. The van der Waals surface area contributed by atoms with Gasteiger partial charge in [-0.3, -0.25) is 9.48 Å². The molecule has 0 radical (unpaired) electrons. The molecule has 0 saturated heterocycles. The molecule has 0 aliphatic carbocycles. The Hall–Kier alpha value is -2.48. The first-order valence-electron chi connectivity index (χ1n) is 6.44. The third kappa shape index (κ3) is 3.00. The van der Waals surface area contributed by atoms with E-state index >= 15 is 0 Å². The number of carbonyl (C=O) groups excluding carboxylic acids is 1. The van der Waals surface area contributed by atoms with Gasteiger partial charge in [0.25, 0.3) is 0 Å². The van der Waals surface area contributed by atoms with Crippen LogP contribution >= 0.6 is 11.3 Å². The van der Waals surface area contributed by atoms with Gasteiger partial charge in [-0.2, -0.15) is 16.4 Å². The van der Waals surface area contributed by atoms with Crippen LogP contribution in [0.4, 0.5) is 0 Å². The molecule has 7 nitrogen and oxygen atoms in total. The van der Waals surface area contributed by atoms with Crippen LogP contribution in [-0.4, -0.2) is 30.7 Å². The summed E-state index contributed by atoms with van der Waals surface area (Å²) in [6, 6.07) is 3.39. The molecule has 1 N–H and O–H groups in total. The maximum absolute atomic E-state index is 12.0. The number of amides is 1. The van der Waals surface area contributed by atoms with Crippen LogP contribution in [-0.2, 0) is 11.3 Å². The molecule has 3 rings (SSSR count). The summed E-state index contributed by atoms with van der Waals surface area (Å²) in [5.74, 6) is -0.108. The molecule has 1 amide bonds. The Balaban J connectivity index is 1.59. The van der Waals surface area contributed by atoms with Crippen molar-refractivity contribution in [3.63, 3.8) is 0 Å². The number of nitrogens with one attached hydrogen (secondary N) is 1. The fraction of sp³-hybridized carbons (Fsp3) is 0.231. The van der Waals surface area contributed by atoms with Crippen LogP contribution in [0.2, 0.25) is 0 Å². The number of nitrogens with zero attached hydrogens (tertiary/aromatic N) is 5. The van der Waals surface area contributed by atoms with Gasteiger partial charge in [0.15, 0.2) is 0 Å².